The van der Waals surface area contributed by atoms with Crippen molar-refractivity contribution < 1.29 is 18.0 Å². The van der Waals surface area contributed by atoms with Gasteiger partial charge in [0.15, 0.2) is 5.78 Å². The fraction of sp³-hybridized carbons (Fsp3) is 0.636. The van der Waals surface area contributed by atoms with Crippen LogP contribution in [0.3, 0.4) is 0 Å². The highest BCUT2D eigenvalue weighted by Gasteiger charge is 2.49. The zero-order valence-electron chi connectivity index (χ0n) is 17.8. The molecule has 1 saturated carbocycles. The van der Waals surface area contributed by atoms with E-state index >= 15 is 0 Å². The topological polar surface area (TPSA) is 74.8 Å². The van der Waals surface area contributed by atoms with Gasteiger partial charge in [-0.3, -0.25) is 9.59 Å². The maximum Gasteiger partial charge on any atom is 0.227 e. The minimum Gasteiger partial charge on any atom is -0.329 e. The number of ketones is 1. The van der Waals surface area contributed by atoms with Gasteiger partial charge < -0.3 is 4.90 Å². The summed E-state index contributed by atoms with van der Waals surface area (Å²) >= 11 is 6.49. The first kappa shape index (κ1) is 23.2. The molecule has 0 N–H and O–H groups in total. The summed E-state index contributed by atoms with van der Waals surface area (Å²) in [6, 6.07) is 7.22. The van der Waals surface area contributed by atoms with Crippen molar-refractivity contribution in [2.75, 3.05) is 25.9 Å². The van der Waals surface area contributed by atoms with Gasteiger partial charge in [0, 0.05) is 37.1 Å². The van der Waals surface area contributed by atoms with Crippen LogP contribution < -0.4 is 0 Å². The molecule has 0 aromatic heterocycles. The van der Waals surface area contributed by atoms with E-state index in [1.54, 1.807) is 18.0 Å². The smallest absolute Gasteiger partial charge is 0.227 e. The number of hydrogen-bond donors (Lipinski definition) is 0. The summed E-state index contributed by atoms with van der Waals surface area (Å²) in [7, 11) is -1.69. The van der Waals surface area contributed by atoms with Crippen molar-refractivity contribution >= 4 is 33.3 Å². The Morgan fingerprint density at radius 2 is 2.00 bits per heavy atom. The Morgan fingerprint density at radius 3 is 2.67 bits per heavy atom. The molecule has 6 nitrogen and oxygen atoms in total. The summed E-state index contributed by atoms with van der Waals surface area (Å²) in [5.41, 5.74) is -0.420. The van der Waals surface area contributed by atoms with Gasteiger partial charge in [-0.05, 0) is 44.6 Å². The number of sulfonamides is 1. The van der Waals surface area contributed by atoms with Crippen molar-refractivity contribution in [3.05, 3.63) is 34.9 Å². The molecule has 2 fully saturated rings. The molecule has 8 heteroatoms. The molecular formula is C22H31ClN2O4S. The SMILES string of the molecule is CCCS(=O)(=O)N1CCCC(C(=O)N(C)C2(c3ccccc3Cl)CCCCC2=O)C1. The molecule has 2 atom stereocenters. The molecule has 1 aliphatic carbocycles. The number of carbonyl (C=O) groups excluding carboxylic acids is 2. The van der Waals surface area contributed by atoms with E-state index in [0.717, 1.165) is 12.8 Å². The third kappa shape index (κ3) is 4.30. The van der Waals surface area contributed by atoms with Crippen LogP contribution in [0.4, 0.5) is 0 Å². The number of carbonyl (C=O) groups is 2. The van der Waals surface area contributed by atoms with E-state index in [2.05, 4.69) is 0 Å². The van der Waals surface area contributed by atoms with Crippen molar-refractivity contribution in [1.29, 1.82) is 0 Å². The molecule has 166 valence electrons. The highest BCUT2D eigenvalue weighted by molar-refractivity contribution is 7.89. The molecule has 1 amide bonds. The van der Waals surface area contributed by atoms with Crippen LogP contribution in [-0.2, 0) is 25.2 Å². The summed E-state index contributed by atoms with van der Waals surface area (Å²) in [4.78, 5) is 28.4. The van der Waals surface area contributed by atoms with Gasteiger partial charge in [0.1, 0.15) is 5.54 Å². The summed E-state index contributed by atoms with van der Waals surface area (Å²) in [6.07, 6.45) is 4.37. The number of halogens is 1. The lowest BCUT2D eigenvalue weighted by atomic mass is 9.73. The highest BCUT2D eigenvalue weighted by Crippen LogP contribution is 2.43. The van der Waals surface area contributed by atoms with Gasteiger partial charge in [-0.15, -0.1) is 0 Å². The maximum absolute atomic E-state index is 13.6. The number of nitrogens with zero attached hydrogens (tertiary/aromatic N) is 2. The lowest BCUT2D eigenvalue weighted by Crippen LogP contribution is -2.57. The Labute approximate surface area is 184 Å². The molecule has 2 aliphatic rings. The Bertz CT molecular complexity index is 904. The summed E-state index contributed by atoms with van der Waals surface area (Å²) in [6.45, 7) is 2.46. The molecule has 0 spiro atoms. The number of benzene rings is 1. The zero-order chi connectivity index (χ0) is 21.9. The number of hydrogen-bond acceptors (Lipinski definition) is 4. The number of rotatable bonds is 6. The average molecular weight is 455 g/mol. The van der Waals surface area contributed by atoms with Crippen LogP contribution in [0.15, 0.2) is 24.3 Å². The van der Waals surface area contributed by atoms with E-state index in [1.807, 2.05) is 25.1 Å². The minimum atomic E-state index is -3.36. The molecule has 1 aromatic rings. The Kier molecular flexibility index (Phi) is 7.25. The van der Waals surface area contributed by atoms with Crippen molar-refractivity contribution in [2.45, 2.75) is 57.4 Å². The second kappa shape index (κ2) is 9.37. The van der Waals surface area contributed by atoms with E-state index in [1.165, 1.54) is 4.31 Å². The molecule has 3 rings (SSSR count). The van der Waals surface area contributed by atoms with E-state index in [9.17, 15) is 18.0 Å². The normalized spacial score (nSPS) is 25.8. The largest absolute Gasteiger partial charge is 0.329 e. The monoisotopic (exact) mass is 454 g/mol. The van der Waals surface area contributed by atoms with Crippen LogP contribution in [0.25, 0.3) is 0 Å². The zero-order valence-corrected chi connectivity index (χ0v) is 19.3. The molecule has 0 bridgehead atoms. The minimum absolute atomic E-state index is 0.00368. The van der Waals surface area contributed by atoms with Crippen LogP contribution >= 0.6 is 11.6 Å². The summed E-state index contributed by atoms with van der Waals surface area (Å²) in [5, 5.41) is 0.475. The second-order valence-corrected chi connectivity index (χ2v) is 10.9. The predicted molar refractivity (Wildman–Crippen MR) is 118 cm³/mol. The fourth-order valence-electron chi connectivity index (χ4n) is 4.88. The number of Topliss-reactive ketones (excluding diaryl/α,β-unsaturated/α-hetero) is 1. The van der Waals surface area contributed by atoms with Crippen LogP contribution in [0.5, 0.6) is 0 Å². The van der Waals surface area contributed by atoms with Gasteiger partial charge in [0.05, 0.1) is 11.7 Å². The Hall–Kier alpha value is -1.44. The Morgan fingerprint density at radius 1 is 1.27 bits per heavy atom. The first-order valence-electron chi connectivity index (χ1n) is 10.8. The summed E-state index contributed by atoms with van der Waals surface area (Å²) in [5.74, 6) is -0.541. The molecule has 1 saturated heterocycles. The lowest BCUT2D eigenvalue weighted by Gasteiger charge is -2.46. The number of amides is 1. The van der Waals surface area contributed by atoms with Gasteiger partial charge in [-0.1, -0.05) is 36.7 Å². The van der Waals surface area contributed by atoms with E-state index in [4.69, 9.17) is 11.6 Å². The predicted octanol–water partition coefficient (Wildman–Crippen LogP) is 3.59. The maximum atomic E-state index is 13.6. The first-order chi connectivity index (χ1) is 14.2. The van der Waals surface area contributed by atoms with Crippen LogP contribution in [0.2, 0.25) is 5.02 Å². The molecule has 0 radical (unpaired) electrons. The molecule has 1 aromatic carbocycles. The Balaban J connectivity index is 1.92. The molecule has 2 unspecified atom stereocenters. The van der Waals surface area contributed by atoms with Crippen molar-refractivity contribution in [3.63, 3.8) is 0 Å². The third-order valence-electron chi connectivity index (χ3n) is 6.47. The number of likely N-dealkylation sites (N-methyl/N-ethyl adjacent to an activating group) is 1. The molecule has 30 heavy (non-hydrogen) atoms. The van der Waals surface area contributed by atoms with Crippen LogP contribution in [0, 0.1) is 5.92 Å². The summed E-state index contributed by atoms with van der Waals surface area (Å²) < 4.78 is 26.5. The third-order valence-corrected chi connectivity index (χ3v) is 8.84. The van der Waals surface area contributed by atoms with Crippen LogP contribution in [-0.4, -0.2) is 55.2 Å². The van der Waals surface area contributed by atoms with Crippen molar-refractivity contribution in [2.24, 2.45) is 5.92 Å². The lowest BCUT2D eigenvalue weighted by molar-refractivity contribution is -0.151. The van der Waals surface area contributed by atoms with Crippen molar-refractivity contribution in [3.8, 4) is 0 Å². The van der Waals surface area contributed by atoms with Crippen molar-refractivity contribution in [1.82, 2.24) is 9.21 Å². The van der Waals surface area contributed by atoms with Gasteiger partial charge in [-0.2, -0.15) is 0 Å². The average Bonchev–Trinajstić information content (AvgIpc) is 2.74. The van der Waals surface area contributed by atoms with Crippen LogP contribution in [0.1, 0.15) is 57.4 Å². The quantitative estimate of drug-likeness (QED) is 0.658. The second-order valence-electron chi connectivity index (χ2n) is 8.38. The van der Waals surface area contributed by atoms with Gasteiger partial charge in [-0.25, -0.2) is 12.7 Å². The van der Waals surface area contributed by atoms with Gasteiger partial charge in [0.25, 0.3) is 0 Å². The highest BCUT2D eigenvalue weighted by atomic mass is 35.5. The molecular weight excluding hydrogens is 424 g/mol. The molecule has 1 heterocycles. The first-order valence-corrected chi connectivity index (χ1v) is 12.8. The van der Waals surface area contributed by atoms with E-state index in [-0.39, 0.29) is 24.0 Å². The number of piperidine rings is 1. The van der Waals surface area contributed by atoms with Gasteiger partial charge >= 0.3 is 0 Å². The van der Waals surface area contributed by atoms with E-state index in [0.29, 0.717) is 49.2 Å². The van der Waals surface area contributed by atoms with Gasteiger partial charge in [0.2, 0.25) is 15.9 Å². The molecule has 1 aliphatic heterocycles. The standard InChI is InChI=1S/C22H31ClN2O4S/c1-3-15-30(28,29)25-14-8-9-17(16-25)21(27)24(2)22(13-7-6-12-20(22)26)18-10-4-5-11-19(18)23/h4-5,10-11,17H,3,6-9,12-16H2,1-2H3. The van der Waals surface area contributed by atoms with E-state index < -0.39 is 21.5 Å². The fourth-order valence-corrected chi connectivity index (χ4v) is 6.76.